The third kappa shape index (κ3) is 4.40. The molecule has 1 aromatic carbocycles. The van der Waals surface area contributed by atoms with E-state index in [1.54, 1.807) is 28.1 Å². The molecule has 4 heterocycles. The zero-order chi connectivity index (χ0) is 24.5. The first-order chi connectivity index (χ1) is 16.9. The van der Waals surface area contributed by atoms with Crippen molar-refractivity contribution in [1.82, 2.24) is 34.6 Å². The third-order valence-corrected chi connectivity index (χ3v) is 6.03. The van der Waals surface area contributed by atoms with Gasteiger partial charge < -0.3 is 9.80 Å². The van der Waals surface area contributed by atoms with Crippen molar-refractivity contribution in [3.63, 3.8) is 0 Å². The van der Waals surface area contributed by atoms with E-state index in [0.717, 1.165) is 5.82 Å². The molecule has 0 unspecified atom stereocenters. The van der Waals surface area contributed by atoms with Gasteiger partial charge in [0.15, 0.2) is 0 Å². The topological polar surface area (TPSA) is 119 Å². The Balaban J connectivity index is 1.27. The van der Waals surface area contributed by atoms with Crippen molar-refractivity contribution in [2.24, 2.45) is 5.10 Å². The van der Waals surface area contributed by atoms with Crippen LogP contribution in [-0.4, -0.2) is 73.1 Å². The maximum atomic E-state index is 14.0. The molecular formula is C23H23FN10O. The summed E-state index contributed by atoms with van der Waals surface area (Å²) in [4.78, 5) is 30.3. The predicted octanol–water partition coefficient (Wildman–Crippen LogP) is 2.36. The highest BCUT2D eigenvalue weighted by atomic mass is 19.1. The number of nitriles is 1. The minimum atomic E-state index is -0.507. The molecule has 35 heavy (non-hydrogen) atoms. The lowest BCUT2D eigenvalue weighted by atomic mass is 10.0. The Bertz CT molecular complexity index is 1340. The number of piperazine rings is 1. The Labute approximate surface area is 201 Å². The van der Waals surface area contributed by atoms with E-state index in [9.17, 15) is 9.18 Å². The summed E-state index contributed by atoms with van der Waals surface area (Å²) < 4.78 is 15.6. The molecule has 0 aliphatic carbocycles. The van der Waals surface area contributed by atoms with E-state index >= 15 is 0 Å². The SMILES string of the molecule is Cc1nc(C)n(-c2nccc(N3CCN(C(=O)N4N=CC[C@H]4c4cc(F)cc(C#N)c4)CC3)n2)n1. The van der Waals surface area contributed by atoms with Crippen LogP contribution in [0.4, 0.5) is 15.0 Å². The van der Waals surface area contributed by atoms with Gasteiger partial charge in [-0.1, -0.05) is 0 Å². The van der Waals surface area contributed by atoms with Crippen molar-refractivity contribution in [2.75, 3.05) is 31.1 Å². The van der Waals surface area contributed by atoms with Crippen molar-refractivity contribution >= 4 is 18.1 Å². The van der Waals surface area contributed by atoms with Crippen molar-refractivity contribution in [3.8, 4) is 12.0 Å². The fourth-order valence-electron chi connectivity index (χ4n) is 4.34. The number of hydrogen-bond acceptors (Lipinski definition) is 8. The normalized spacial score (nSPS) is 17.7. The maximum Gasteiger partial charge on any atom is 0.341 e. The van der Waals surface area contributed by atoms with Gasteiger partial charge in [-0.25, -0.2) is 24.2 Å². The highest BCUT2D eigenvalue weighted by molar-refractivity contribution is 5.79. The van der Waals surface area contributed by atoms with Gasteiger partial charge >= 0.3 is 6.03 Å². The summed E-state index contributed by atoms with van der Waals surface area (Å²) >= 11 is 0. The summed E-state index contributed by atoms with van der Waals surface area (Å²) in [5.41, 5.74) is 0.770. The van der Waals surface area contributed by atoms with E-state index in [2.05, 4.69) is 30.1 Å². The number of carbonyl (C=O) groups excluding carboxylic acids is 1. The van der Waals surface area contributed by atoms with Gasteiger partial charge in [-0.05, 0) is 43.7 Å². The van der Waals surface area contributed by atoms with Crippen LogP contribution in [0.25, 0.3) is 5.95 Å². The van der Waals surface area contributed by atoms with Gasteiger partial charge in [0, 0.05) is 45.0 Å². The Morgan fingerprint density at radius 1 is 1.14 bits per heavy atom. The highest BCUT2D eigenvalue weighted by Gasteiger charge is 2.33. The standard InChI is InChI=1S/C23H23FN10O/c1-15-28-16(2)33(30-15)22-26-5-4-21(29-22)31-7-9-32(10-8-31)23(35)34-20(3-6-27-34)18-11-17(14-25)12-19(24)13-18/h4-6,11-13,20H,3,7-10H2,1-2H3/t20-/m0/s1. The van der Waals surface area contributed by atoms with Gasteiger partial charge in [0.05, 0.1) is 17.7 Å². The van der Waals surface area contributed by atoms with Crippen LogP contribution in [0.15, 0.2) is 35.6 Å². The molecule has 0 bridgehead atoms. The first kappa shape index (κ1) is 22.4. The zero-order valence-corrected chi connectivity index (χ0v) is 19.3. The molecule has 2 aliphatic rings. The van der Waals surface area contributed by atoms with Crippen molar-refractivity contribution in [3.05, 3.63) is 59.1 Å². The summed E-state index contributed by atoms with van der Waals surface area (Å²) in [6.45, 7) is 5.78. The lowest BCUT2D eigenvalue weighted by Crippen LogP contribution is -2.52. The Hall–Kier alpha value is -4.40. The van der Waals surface area contributed by atoms with E-state index in [1.165, 1.54) is 17.1 Å². The van der Waals surface area contributed by atoms with E-state index in [1.807, 2.05) is 26.0 Å². The minimum absolute atomic E-state index is 0.216. The number of amides is 2. The number of hydrazone groups is 1. The lowest BCUT2D eigenvalue weighted by Gasteiger charge is -2.37. The molecule has 0 radical (unpaired) electrons. The third-order valence-electron chi connectivity index (χ3n) is 6.03. The predicted molar refractivity (Wildman–Crippen MR) is 124 cm³/mol. The molecule has 1 saturated heterocycles. The first-order valence-corrected chi connectivity index (χ1v) is 11.2. The fourth-order valence-corrected chi connectivity index (χ4v) is 4.34. The van der Waals surface area contributed by atoms with Gasteiger partial charge in [-0.2, -0.15) is 20.0 Å². The second-order valence-corrected chi connectivity index (χ2v) is 8.37. The van der Waals surface area contributed by atoms with Crippen LogP contribution in [0.3, 0.4) is 0 Å². The van der Waals surface area contributed by atoms with Crippen molar-refractivity contribution in [2.45, 2.75) is 26.3 Å². The molecule has 3 aromatic rings. The van der Waals surface area contributed by atoms with Gasteiger partial charge in [0.25, 0.3) is 5.95 Å². The number of nitrogens with zero attached hydrogens (tertiary/aromatic N) is 10. The molecule has 12 heteroatoms. The van der Waals surface area contributed by atoms with Crippen LogP contribution in [0.1, 0.15) is 35.2 Å². The highest BCUT2D eigenvalue weighted by Crippen LogP contribution is 2.30. The molecule has 2 aliphatic heterocycles. The molecule has 0 saturated carbocycles. The van der Waals surface area contributed by atoms with Crippen LogP contribution in [0, 0.1) is 31.0 Å². The largest absolute Gasteiger partial charge is 0.353 e. The fraction of sp³-hybridized carbons (Fsp3) is 0.348. The number of hydrogen-bond donors (Lipinski definition) is 0. The quantitative estimate of drug-likeness (QED) is 0.572. The number of halogens is 1. The average molecular weight is 475 g/mol. The van der Waals surface area contributed by atoms with Crippen LogP contribution < -0.4 is 4.90 Å². The summed E-state index contributed by atoms with van der Waals surface area (Å²) in [6, 6.07) is 7.23. The zero-order valence-electron chi connectivity index (χ0n) is 19.3. The van der Waals surface area contributed by atoms with E-state index in [-0.39, 0.29) is 11.6 Å². The number of carbonyl (C=O) groups is 1. The van der Waals surface area contributed by atoms with Crippen molar-refractivity contribution < 1.29 is 9.18 Å². The molecule has 2 amide bonds. The van der Waals surface area contributed by atoms with Crippen LogP contribution in [-0.2, 0) is 0 Å². The molecule has 2 aromatic heterocycles. The second kappa shape index (κ2) is 9.09. The summed E-state index contributed by atoms with van der Waals surface area (Å²) in [6.07, 6.45) is 3.79. The maximum absolute atomic E-state index is 14.0. The molecular weight excluding hydrogens is 451 g/mol. The van der Waals surface area contributed by atoms with Gasteiger partial charge in [0.1, 0.15) is 23.3 Å². The number of aryl methyl sites for hydroxylation is 2. The van der Waals surface area contributed by atoms with Crippen LogP contribution in [0.2, 0.25) is 0 Å². The second-order valence-electron chi connectivity index (χ2n) is 8.37. The molecule has 1 atom stereocenters. The number of anilines is 1. The Kier molecular flexibility index (Phi) is 5.82. The first-order valence-electron chi connectivity index (χ1n) is 11.2. The van der Waals surface area contributed by atoms with Crippen LogP contribution >= 0.6 is 0 Å². The summed E-state index contributed by atoms with van der Waals surface area (Å²) in [5.74, 6) is 2.03. The lowest BCUT2D eigenvalue weighted by molar-refractivity contribution is 0.139. The summed E-state index contributed by atoms with van der Waals surface area (Å²) in [7, 11) is 0. The monoisotopic (exact) mass is 474 g/mol. The number of benzene rings is 1. The van der Waals surface area contributed by atoms with E-state index in [0.29, 0.717) is 55.8 Å². The molecule has 178 valence electrons. The number of urea groups is 1. The smallest absolute Gasteiger partial charge is 0.341 e. The molecule has 0 N–H and O–H groups in total. The van der Waals surface area contributed by atoms with Gasteiger partial charge in [-0.3, -0.25) is 0 Å². The molecule has 1 fully saturated rings. The van der Waals surface area contributed by atoms with Crippen molar-refractivity contribution in [1.29, 1.82) is 5.26 Å². The molecule has 5 rings (SSSR count). The summed E-state index contributed by atoms with van der Waals surface area (Å²) in [5, 5.41) is 19.1. The number of rotatable bonds is 3. The number of aromatic nitrogens is 5. The Morgan fingerprint density at radius 2 is 1.94 bits per heavy atom. The Morgan fingerprint density at radius 3 is 2.66 bits per heavy atom. The molecule has 0 spiro atoms. The average Bonchev–Trinajstić information content (AvgIpc) is 3.49. The molecule has 11 nitrogen and oxygen atoms in total. The minimum Gasteiger partial charge on any atom is -0.353 e. The van der Waals surface area contributed by atoms with Gasteiger partial charge in [0.2, 0.25) is 0 Å². The van der Waals surface area contributed by atoms with E-state index in [4.69, 9.17) is 5.26 Å². The van der Waals surface area contributed by atoms with E-state index < -0.39 is 11.9 Å². The van der Waals surface area contributed by atoms with Crippen LogP contribution in [0.5, 0.6) is 0 Å². The van der Waals surface area contributed by atoms with Gasteiger partial charge in [-0.15, -0.1) is 5.10 Å².